The average molecular weight is 916 g/mol. The molecule has 0 fully saturated rings. The lowest BCUT2D eigenvalue weighted by Crippen LogP contribution is -2.55. The summed E-state index contributed by atoms with van der Waals surface area (Å²) < 4.78 is 17.3. The topological polar surface area (TPSA) is 102 Å². The van der Waals surface area contributed by atoms with Gasteiger partial charge in [0, 0.05) is 19.3 Å². The van der Waals surface area contributed by atoms with Gasteiger partial charge >= 0.3 is 11.9 Å². The summed E-state index contributed by atoms with van der Waals surface area (Å²) in [4.78, 5) is 37.1. The van der Waals surface area contributed by atoms with Crippen LogP contribution in [0.1, 0.15) is 258 Å². The molecule has 0 aliphatic heterocycles. The first-order valence-corrected chi connectivity index (χ1v) is 27.5. The minimum absolute atomic E-state index is 0.0409. The van der Waals surface area contributed by atoms with Gasteiger partial charge < -0.3 is 28.6 Å². The molecule has 0 rings (SSSR count). The Kier molecular flexibility index (Phi) is 46.2. The highest BCUT2D eigenvalue weighted by Crippen LogP contribution is 2.16. The normalized spacial score (nSPS) is 13.1. The number of unbranched alkanes of at least 4 members (excludes halogenated alkanes) is 30. The van der Waals surface area contributed by atoms with Crippen LogP contribution in [0.15, 0.2) is 36.5 Å². The summed E-state index contributed by atoms with van der Waals surface area (Å²) in [5.41, 5.74) is 0. The van der Waals surface area contributed by atoms with Crippen molar-refractivity contribution in [2.45, 2.75) is 270 Å². The van der Waals surface area contributed by atoms with Gasteiger partial charge in [0.15, 0.2) is 6.10 Å². The Morgan fingerprint density at radius 1 is 0.462 bits per heavy atom. The van der Waals surface area contributed by atoms with Crippen LogP contribution in [-0.2, 0) is 28.6 Å². The third kappa shape index (κ3) is 46.4. The Balaban J connectivity index is 4.19. The molecule has 65 heavy (non-hydrogen) atoms. The Morgan fingerprint density at radius 2 is 0.815 bits per heavy atom. The van der Waals surface area contributed by atoms with Crippen molar-refractivity contribution in [1.29, 1.82) is 0 Å². The van der Waals surface area contributed by atoms with Crippen molar-refractivity contribution in [3.8, 4) is 0 Å². The van der Waals surface area contributed by atoms with Crippen LogP contribution < -0.4 is 5.11 Å². The summed E-state index contributed by atoms with van der Waals surface area (Å²) in [7, 11) is 5.42. The predicted octanol–water partition coefficient (Wildman–Crippen LogP) is 14.8. The van der Waals surface area contributed by atoms with E-state index in [-0.39, 0.29) is 42.7 Å². The summed E-state index contributed by atoms with van der Waals surface area (Å²) in [6.07, 6.45) is 57.5. The molecule has 0 N–H and O–H groups in total. The predicted molar refractivity (Wildman–Crippen MR) is 273 cm³/mol. The summed E-state index contributed by atoms with van der Waals surface area (Å²) in [5.74, 6) is -1.73. The molecule has 0 aromatic rings. The fraction of sp³-hybridized carbons (Fsp3) is 0.842. The van der Waals surface area contributed by atoms with Crippen molar-refractivity contribution in [2.75, 3.05) is 41.0 Å². The Hall–Kier alpha value is -2.45. The Labute approximate surface area is 402 Å². The number of carboxylic acid groups (broad SMARTS) is 1. The van der Waals surface area contributed by atoms with E-state index in [1.807, 2.05) is 21.1 Å². The van der Waals surface area contributed by atoms with E-state index >= 15 is 0 Å². The van der Waals surface area contributed by atoms with Gasteiger partial charge in [0.25, 0.3) is 0 Å². The maximum atomic E-state index is 12.8. The molecule has 0 saturated carbocycles. The summed E-state index contributed by atoms with van der Waals surface area (Å²) in [6, 6.07) is -0.727. The van der Waals surface area contributed by atoms with E-state index in [1.165, 1.54) is 180 Å². The lowest BCUT2D eigenvalue weighted by atomic mass is 10.0. The number of ether oxygens (including phenoxy) is 3. The maximum Gasteiger partial charge on any atom is 0.306 e. The largest absolute Gasteiger partial charge is 0.544 e. The summed E-state index contributed by atoms with van der Waals surface area (Å²) in [6.45, 7) is 4.68. The Bertz CT molecular complexity index is 1160. The summed E-state index contributed by atoms with van der Waals surface area (Å²) in [5, 5.41) is 11.7. The number of allylic oxidation sites excluding steroid dienone is 6. The van der Waals surface area contributed by atoms with Gasteiger partial charge in [-0.3, -0.25) is 9.59 Å². The first-order chi connectivity index (χ1) is 31.6. The molecule has 0 bridgehead atoms. The molecule has 0 aliphatic carbocycles. The van der Waals surface area contributed by atoms with Gasteiger partial charge in [-0.15, -0.1) is 0 Å². The number of carboxylic acids is 1. The van der Waals surface area contributed by atoms with Crippen LogP contribution in [0.3, 0.4) is 0 Å². The molecular weight excluding hydrogens is 811 g/mol. The number of carbonyl (C=O) groups excluding carboxylic acids is 3. The highest BCUT2D eigenvalue weighted by molar-refractivity contribution is 5.70. The lowest BCUT2D eigenvalue weighted by Gasteiger charge is -2.34. The van der Waals surface area contributed by atoms with Crippen LogP contribution in [0, 0.1) is 0 Å². The number of nitrogens with zero attached hydrogens (tertiary/aromatic N) is 1. The molecule has 0 aliphatic rings. The minimum Gasteiger partial charge on any atom is -0.544 e. The molecule has 2 unspecified atom stereocenters. The maximum absolute atomic E-state index is 12.8. The minimum atomic E-state index is -1.12. The zero-order valence-electron chi connectivity index (χ0n) is 43.4. The molecule has 2 atom stereocenters. The van der Waals surface area contributed by atoms with Crippen LogP contribution in [0.25, 0.3) is 0 Å². The van der Waals surface area contributed by atoms with Crippen LogP contribution in [0.5, 0.6) is 0 Å². The highest BCUT2D eigenvalue weighted by Gasteiger charge is 2.25. The van der Waals surface area contributed by atoms with Crippen molar-refractivity contribution in [2.24, 2.45) is 0 Å². The van der Waals surface area contributed by atoms with E-state index in [2.05, 4.69) is 50.3 Å². The van der Waals surface area contributed by atoms with Gasteiger partial charge in [-0.2, -0.15) is 0 Å². The lowest BCUT2D eigenvalue weighted by molar-refractivity contribution is -0.889. The third-order valence-electron chi connectivity index (χ3n) is 12.5. The van der Waals surface area contributed by atoms with Crippen molar-refractivity contribution < 1.29 is 38.2 Å². The second-order valence-corrected chi connectivity index (χ2v) is 19.8. The smallest absolute Gasteiger partial charge is 0.306 e. The molecule has 8 heteroatoms. The molecule has 0 aromatic heterocycles. The first kappa shape index (κ1) is 62.5. The van der Waals surface area contributed by atoms with Gasteiger partial charge in [-0.1, -0.05) is 204 Å². The van der Waals surface area contributed by atoms with Crippen LogP contribution >= 0.6 is 0 Å². The molecule has 0 amide bonds. The number of aliphatic carboxylic acids is 1. The number of rotatable bonds is 50. The fourth-order valence-corrected chi connectivity index (χ4v) is 8.22. The highest BCUT2D eigenvalue weighted by atomic mass is 16.6. The van der Waals surface area contributed by atoms with Gasteiger partial charge in [0.05, 0.1) is 40.3 Å². The van der Waals surface area contributed by atoms with Crippen LogP contribution in [0.4, 0.5) is 0 Å². The quantitative estimate of drug-likeness (QED) is 0.0259. The molecule has 0 heterocycles. The average Bonchev–Trinajstić information content (AvgIpc) is 3.27. The zero-order chi connectivity index (χ0) is 47.7. The number of hydrogen-bond acceptors (Lipinski definition) is 7. The first-order valence-electron chi connectivity index (χ1n) is 27.5. The zero-order valence-corrected chi connectivity index (χ0v) is 43.4. The van der Waals surface area contributed by atoms with Crippen LogP contribution in [-0.4, -0.2) is 75.5 Å². The molecule has 380 valence electrons. The Morgan fingerprint density at radius 3 is 1.20 bits per heavy atom. The van der Waals surface area contributed by atoms with E-state index in [0.717, 1.165) is 44.9 Å². The fourth-order valence-electron chi connectivity index (χ4n) is 8.22. The van der Waals surface area contributed by atoms with Gasteiger partial charge in [-0.05, 0) is 70.6 Å². The van der Waals surface area contributed by atoms with E-state index in [9.17, 15) is 19.5 Å². The van der Waals surface area contributed by atoms with E-state index in [1.54, 1.807) is 0 Å². The van der Waals surface area contributed by atoms with E-state index in [4.69, 9.17) is 14.2 Å². The molecule has 0 aromatic carbocycles. The van der Waals surface area contributed by atoms with Crippen molar-refractivity contribution in [3.05, 3.63) is 36.5 Å². The molecule has 8 nitrogen and oxygen atoms in total. The number of hydrogen-bond donors (Lipinski definition) is 0. The van der Waals surface area contributed by atoms with Gasteiger partial charge in [-0.25, -0.2) is 0 Å². The monoisotopic (exact) mass is 916 g/mol. The standard InChI is InChI=1S/C57H105NO7/c1-6-8-10-12-14-16-18-20-22-24-26-27-28-29-30-32-34-36-38-40-42-44-46-48-56(60)65-53(51-63-50-49-54(57(61)62)58(3,4)5)52-64-55(59)47-45-43-41-39-37-35-33-31-25-23-21-19-17-15-13-11-9-7-2/h18,20,23-26,53-54H,6-17,19,21-22,27-52H2,1-5H3/b20-18-,25-23-,26-24-. The summed E-state index contributed by atoms with van der Waals surface area (Å²) >= 11 is 0. The van der Waals surface area contributed by atoms with E-state index in [0.29, 0.717) is 12.8 Å². The van der Waals surface area contributed by atoms with Crippen molar-refractivity contribution in [1.82, 2.24) is 0 Å². The number of likely N-dealkylation sites (N-methyl/N-ethyl adjacent to an activating group) is 1. The molecule has 0 radical (unpaired) electrons. The van der Waals surface area contributed by atoms with Gasteiger partial charge in [0.1, 0.15) is 12.6 Å². The third-order valence-corrected chi connectivity index (χ3v) is 12.5. The van der Waals surface area contributed by atoms with Crippen LogP contribution in [0.2, 0.25) is 0 Å². The number of esters is 2. The van der Waals surface area contributed by atoms with Gasteiger partial charge in [0.2, 0.25) is 0 Å². The second-order valence-electron chi connectivity index (χ2n) is 19.8. The van der Waals surface area contributed by atoms with Crippen molar-refractivity contribution >= 4 is 17.9 Å². The van der Waals surface area contributed by atoms with E-state index < -0.39 is 18.1 Å². The molecule has 0 saturated heterocycles. The van der Waals surface area contributed by atoms with Crippen molar-refractivity contribution in [3.63, 3.8) is 0 Å². The molecule has 0 spiro atoms. The SMILES string of the molecule is CCCCCCC/C=C\C/C=C\CCCCCCCCCCCCCC(=O)OC(COCCC(C(=O)[O-])[N+](C)(C)C)COC(=O)CCCCCCCCC/C=C\CCCCCCCCC. The second kappa shape index (κ2) is 48.0. The number of carbonyl (C=O) groups is 3. The molecular formula is C57H105NO7. The number of quaternary nitrogens is 1.